The zero-order valence-corrected chi connectivity index (χ0v) is 15.4. The van der Waals surface area contributed by atoms with Crippen LogP contribution in [0.25, 0.3) is 0 Å². The van der Waals surface area contributed by atoms with Gasteiger partial charge in [-0.15, -0.1) is 0 Å². The molecule has 7 heteroatoms. The van der Waals surface area contributed by atoms with Crippen molar-refractivity contribution in [3.05, 3.63) is 29.8 Å². The van der Waals surface area contributed by atoms with Crippen LogP contribution >= 0.6 is 0 Å². The first-order chi connectivity index (χ1) is 10.7. The lowest BCUT2D eigenvalue weighted by molar-refractivity contribution is 0.144. The first kappa shape index (κ1) is 18.2. The molecule has 1 saturated heterocycles. The lowest BCUT2D eigenvalue weighted by Crippen LogP contribution is -2.51. The molecule has 23 heavy (non-hydrogen) atoms. The van der Waals surface area contributed by atoms with Gasteiger partial charge in [-0.2, -0.15) is 17.0 Å². The van der Waals surface area contributed by atoms with Crippen LogP contribution in [0.3, 0.4) is 0 Å². The molecule has 0 radical (unpaired) electrons. The fraction of sp³-hybridized carbons (Fsp3) is 0.625. The minimum Gasteiger partial charge on any atom is -0.491 e. The van der Waals surface area contributed by atoms with E-state index in [9.17, 15) is 8.42 Å². The van der Waals surface area contributed by atoms with Crippen molar-refractivity contribution in [1.82, 2.24) is 13.5 Å². The van der Waals surface area contributed by atoms with E-state index >= 15 is 0 Å². The number of ether oxygens (including phenoxy) is 1. The molecule has 0 aliphatic carbocycles. The van der Waals surface area contributed by atoms with Gasteiger partial charge in [0, 0.05) is 39.8 Å². The number of hydrogen-bond acceptors (Lipinski definition) is 4. The van der Waals surface area contributed by atoms with Crippen LogP contribution < -0.4 is 4.74 Å². The molecule has 0 unspecified atom stereocenters. The summed E-state index contributed by atoms with van der Waals surface area (Å²) < 4.78 is 33.2. The van der Waals surface area contributed by atoms with Crippen LogP contribution in [0.15, 0.2) is 24.3 Å². The zero-order valence-electron chi connectivity index (χ0n) is 14.6. The molecule has 6 nitrogen and oxygen atoms in total. The fourth-order valence-electron chi connectivity index (χ4n) is 2.69. The third-order valence-electron chi connectivity index (χ3n) is 4.04. The van der Waals surface area contributed by atoms with Crippen molar-refractivity contribution in [2.24, 2.45) is 0 Å². The zero-order chi connectivity index (χ0) is 17.2. The predicted octanol–water partition coefficient (Wildman–Crippen LogP) is 1.57. The summed E-state index contributed by atoms with van der Waals surface area (Å²) in [5, 5.41) is 0. The maximum atomic E-state index is 12.4. The number of nitrogens with zero attached hydrogens (tertiary/aromatic N) is 3. The second-order valence-corrected chi connectivity index (χ2v) is 8.52. The van der Waals surface area contributed by atoms with E-state index in [-0.39, 0.29) is 12.1 Å². The molecule has 0 amide bonds. The Hall–Kier alpha value is -1.15. The third-order valence-corrected chi connectivity index (χ3v) is 5.94. The molecule has 1 atom stereocenters. The van der Waals surface area contributed by atoms with Crippen LogP contribution in [0.1, 0.15) is 25.5 Å². The van der Waals surface area contributed by atoms with Crippen LogP contribution in [0.2, 0.25) is 0 Å². The van der Waals surface area contributed by atoms with Crippen LogP contribution in [-0.4, -0.2) is 68.8 Å². The SMILES string of the molecule is CC(C)Oc1ccc([C@@H]2CN(S(=O)(=O)N(C)C)CCN2C)cc1. The molecule has 2 rings (SSSR count). The molecule has 0 saturated carbocycles. The van der Waals surface area contributed by atoms with E-state index < -0.39 is 10.2 Å². The van der Waals surface area contributed by atoms with Crippen LogP contribution in [0.5, 0.6) is 5.75 Å². The largest absolute Gasteiger partial charge is 0.491 e. The van der Waals surface area contributed by atoms with E-state index in [4.69, 9.17) is 4.74 Å². The van der Waals surface area contributed by atoms with Gasteiger partial charge in [0.15, 0.2) is 0 Å². The highest BCUT2D eigenvalue weighted by Gasteiger charge is 2.33. The van der Waals surface area contributed by atoms with E-state index in [1.165, 1.54) is 4.31 Å². The van der Waals surface area contributed by atoms with Gasteiger partial charge in [0.05, 0.1) is 6.10 Å². The summed E-state index contributed by atoms with van der Waals surface area (Å²) in [7, 11) is 1.80. The maximum absolute atomic E-state index is 12.4. The van der Waals surface area contributed by atoms with Gasteiger partial charge in [0.25, 0.3) is 10.2 Å². The predicted molar refractivity (Wildman–Crippen MR) is 91.8 cm³/mol. The number of hydrogen-bond donors (Lipinski definition) is 0. The number of piperazine rings is 1. The molecule has 1 aromatic rings. The van der Waals surface area contributed by atoms with Gasteiger partial charge in [-0.3, -0.25) is 4.90 Å². The minimum atomic E-state index is -3.37. The lowest BCUT2D eigenvalue weighted by atomic mass is 10.0. The summed E-state index contributed by atoms with van der Waals surface area (Å²) in [6, 6.07) is 7.98. The van der Waals surface area contributed by atoms with Crippen molar-refractivity contribution < 1.29 is 13.2 Å². The molecule has 1 aromatic carbocycles. The first-order valence-corrected chi connectivity index (χ1v) is 9.26. The summed E-state index contributed by atoms with van der Waals surface area (Å²) >= 11 is 0. The number of likely N-dealkylation sites (N-methyl/N-ethyl adjacent to an activating group) is 1. The lowest BCUT2D eigenvalue weighted by Gasteiger charge is -2.39. The van der Waals surface area contributed by atoms with E-state index in [0.29, 0.717) is 19.6 Å². The topological polar surface area (TPSA) is 53.1 Å². The third kappa shape index (κ3) is 4.23. The Labute approximate surface area is 139 Å². The van der Waals surface area contributed by atoms with E-state index in [1.807, 2.05) is 45.2 Å². The van der Waals surface area contributed by atoms with Gasteiger partial charge in [-0.25, -0.2) is 0 Å². The highest BCUT2D eigenvalue weighted by atomic mass is 32.2. The summed E-state index contributed by atoms with van der Waals surface area (Å²) in [5.41, 5.74) is 1.10. The van der Waals surface area contributed by atoms with E-state index in [2.05, 4.69) is 4.90 Å². The smallest absolute Gasteiger partial charge is 0.281 e. The molecular weight excluding hydrogens is 314 g/mol. The fourth-order valence-corrected chi connectivity index (χ4v) is 3.79. The molecular formula is C16H27N3O3S. The van der Waals surface area contributed by atoms with Crippen molar-refractivity contribution in [2.45, 2.75) is 26.0 Å². The standard InChI is InChI=1S/C16H27N3O3S/c1-13(2)22-15-8-6-14(7-9-15)16-12-19(11-10-18(16)5)23(20,21)17(3)4/h6-9,13,16H,10-12H2,1-5H3/t16-/m0/s1. The van der Waals surface area contributed by atoms with Gasteiger partial charge < -0.3 is 4.74 Å². The Morgan fingerprint density at radius 3 is 2.30 bits per heavy atom. The van der Waals surface area contributed by atoms with Crippen molar-refractivity contribution in [2.75, 3.05) is 40.8 Å². The Balaban J connectivity index is 2.17. The van der Waals surface area contributed by atoms with Crippen LogP contribution in [0.4, 0.5) is 0 Å². The Kier molecular flexibility index (Phi) is 5.67. The van der Waals surface area contributed by atoms with Gasteiger partial charge in [-0.05, 0) is 38.6 Å². The average molecular weight is 341 g/mol. The second-order valence-electron chi connectivity index (χ2n) is 6.38. The second kappa shape index (κ2) is 7.17. The molecule has 1 fully saturated rings. The van der Waals surface area contributed by atoms with Gasteiger partial charge >= 0.3 is 0 Å². The molecule has 0 aromatic heterocycles. The highest BCUT2D eigenvalue weighted by molar-refractivity contribution is 7.86. The summed E-state index contributed by atoms with van der Waals surface area (Å²) in [6.45, 7) is 5.67. The van der Waals surface area contributed by atoms with Crippen molar-refractivity contribution >= 4 is 10.2 Å². The summed E-state index contributed by atoms with van der Waals surface area (Å²) in [5.74, 6) is 0.833. The number of benzene rings is 1. The Bertz CT molecular complexity index is 614. The molecule has 1 aliphatic rings. The Morgan fingerprint density at radius 2 is 1.78 bits per heavy atom. The highest BCUT2D eigenvalue weighted by Crippen LogP contribution is 2.27. The van der Waals surface area contributed by atoms with Crippen molar-refractivity contribution in [3.8, 4) is 5.75 Å². The average Bonchev–Trinajstić information content (AvgIpc) is 2.47. The first-order valence-electron chi connectivity index (χ1n) is 7.86. The number of rotatable bonds is 5. The normalized spacial score (nSPS) is 21.1. The van der Waals surface area contributed by atoms with Crippen LogP contribution in [0, 0.1) is 0 Å². The molecule has 0 spiro atoms. The van der Waals surface area contributed by atoms with Gasteiger partial charge in [-0.1, -0.05) is 12.1 Å². The Morgan fingerprint density at radius 1 is 1.17 bits per heavy atom. The summed E-state index contributed by atoms with van der Waals surface area (Å²) in [4.78, 5) is 2.19. The van der Waals surface area contributed by atoms with Crippen LogP contribution in [-0.2, 0) is 10.2 Å². The van der Waals surface area contributed by atoms with Crippen molar-refractivity contribution in [3.63, 3.8) is 0 Å². The minimum absolute atomic E-state index is 0.0478. The molecule has 0 bridgehead atoms. The molecule has 1 heterocycles. The van der Waals surface area contributed by atoms with Gasteiger partial charge in [0.1, 0.15) is 5.75 Å². The summed E-state index contributed by atoms with van der Waals surface area (Å²) in [6.07, 6.45) is 0.138. The maximum Gasteiger partial charge on any atom is 0.281 e. The molecule has 0 N–H and O–H groups in total. The van der Waals surface area contributed by atoms with Gasteiger partial charge in [0.2, 0.25) is 0 Å². The monoisotopic (exact) mass is 341 g/mol. The quantitative estimate of drug-likeness (QED) is 0.816. The molecule has 130 valence electrons. The van der Waals surface area contributed by atoms with E-state index in [1.54, 1.807) is 18.4 Å². The van der Waals surface area contributed by atoms with Crippen molar-refractivity contribution in [1.29, 1.82) is 0 Å². The van der Waals surface area contributed by atoms with E-state index in [0.717, 1.165) is 11.3 Å². The molecule has 1 aliphatic heterocycles.